The Hall–Kier alpha value is -1.43. The van der Waals surface area contributed by atoms with Crippen LogP contribution in [-0.2, 0) is 12.8 Å². The molecule has 2 aromatic rings. The molecule has 0 radical (unpaired) electrons. The monoisotopic (exact) mass is 329 g/mol. The molecule has 1 aliphatic heterocycles. The van der Waals surface area contributed by atoms with E-state index in [4.69, 9.17) is 4.98 Å². The van der Waals surface area contributed by atoms with Gasteiger partial charge in [-0.3, -0.25) is 0 Å². The molecule has 1 unspecified atom stereocenters. The van der Waals surface area contributed by atoms with Crippen LogP contribution in [-0.4, -0.2) is 32.8 Å². The predicted octanol–water partition coefficient (Wildman–Crippen LogP) is 3.25. The molecule has 6 heteroatoms. The van der Waals surface area contributed by atoms with Gasteiger partial charge in [-0.05, 0) is 51.9 Å². The van der Waals surface area contributed by atoms with Gasteiger partial charge in [0.15, 0.2) is 0 Å². The van der Waals surface area contributed by atoms with Crippen LogP contribution in [0.5, 0.6) is 0 Å². The Morgan fingerprint density at radius 2 is 1.96 bits per heavy atom. The summed E-state index contributed by atoms with van der Waals surface area (Å²) >= 11 is 1.81. The average molecular weight is 329 g/mol. The zero-order chi connectivity index (χ0) is 15.4. The first-order valence-corrected chi connectivity index (χ1v) is 9.76. The maximum atomic E-state index is 4.85. The van der Waals surface area contributed by atoms with Crippen molar-refractivity contribution >= 4 is 16.5 Å². The number of hydrogen-bond acceptors (Lipinski definition) is 5. The maximum absolute atomic E-state index is 4.85. The van der Waals surface area contributed by atoms with Crippen molar-refractivity contribution in [1.82, 2.24) is 19.7 Å². The van der Waals surface area contributed by atoms with Crippen LogP contribution >= 0.6 is 11.3 Å². The molecule has 5 rings (SSSR count). The van der Waals surface area contributed by atoms with Crippen molar-refractivity contribution in [3.8, 4) is 0 Å². The molecule has 0 aromatic carbocycles. The van der Waals surface area contributed by atoms with Crippen molar-refractivity contribution in [3.63, 3.8) is 0 Å². The van der Waals surface area contributed by atoms with Crippen LogP contribution in [0.25, 0.3) is 0 Å². The number of rotatable bonds is 3. The van der Waals surface area contributed by atoms with Gasteiger partial charge in [-0.1, -0.05) is 11.3 Å². The highest BCUT2D eigenvalue weighted by molar-refractivity contribution is 7.15. The summed E-state index contributed by atoms with van der Waals surface area (Å²) in [6.07, 6.45) is 8.79. The number of hydrogen-bond donors (Lipinski definition) is 0. The first kappa shape index (κ1) is 14.0. The standard InChI is InChI=1S/C17H23N5S/c1-11-18-14-4-2-3-5-15(14)22(11)13-8-9-21(10-13)17-20-19-16(23-17)12-6-7-12/h12-13H,2-10H2,1H3. The van der Waals surface area contributed by atoms with Crippen LogP contribution in [0.2, 0.25) is 0 Å². The summed E-state index contributed by atoms with van der Waals surface area (Å²) in [6, 6.07) is 0.553. The summed E-state index contributed by atoms with van der Waals surface area (Å²) in [5, 5.41) is 11.2. The Morgan fingerprint density at radius 1 is 1.09 bits per heavy atom. The van der Waals surface area contributed by atoms with E-state index in [0.29, 0.717) is 12.0 Å². The SMILES string of the molecule is Cc1nc2c(n1C1CCN(c3nnc(C4CC4)s3)C1)CCCC2. The highest BCUT2D eigenvalue weighted by atomic mass is 32.1. The van der Waals surface area contributed by atoms with Gasteiger partial charge in [0, 0.05) is 24.7 Å². The lowest BCUT2D eigenvalue weighted by Crippen LogP contribution is -2.22. The molecule has 1 atom stereocenters. The Morgan fingerprint density at radius 3 is 2.83 bits per heavy atom. The number of anilines is 1. The number of aromatic nitrogens is 4. The third-order valence-electron chi connectivity index (χ3n) is 5.50. The quantitative estimate of drug-likeness (QED) is 0.867. The fraction of sp³-hybridized carbons (Fsp3) is 0.706. The minimum absolute atomic E-state index is 0.553. The second kappa shape index (κ2) is 5.30. The lowest BCUT2D eigenvalue weighted by molar-refractivity contribution is 0.505. The minimum Gasteiger partial charge on any atom is -0.344 e. The molecule has 2 fully saturated rings. The Kier molecular flexibility index (Phi) is 3.21. The molecule has 0 N–H and O–H groups in total. The van der Waals surface area contributed by atoms with Crippen LogP contribution in [0.4, 0.5) is 5.13 Å². The van der Waals surface area contributed by atoms with E-state index in [1.165, 1.54) is 67.2 Å². The highest BCUT2D eigenvalue weighted by Gasteiger charge is 2.32. The number of imidazole rings is 1. The molecule has 1 saturated heterocycles. The lowest BCUT2D eigenvalue weighted by Gasteiger charge is -2.20. The number of aryl methyl sites for hydroxylation is 2. The van der Waals surface area contributed by atoms with Gasteiger partial charge in [-0.25, -0.2) is 4.98 Å². The summed E-state index contributed by atoms with van der Waals surface area (Å²) in [4.78, 5) is 7.28. The van der Waals surface area contributed by atoms with Crippen molar-refractivity contribution in [2.45, 2.75) is 63.8 Å². The van der Waals surface area contributed by atoms with Gasteiger partial charge < -0.3 is 9.47 Å². The van der Waals surface area contributed by atoms with E-state index in [1.807, 2.05) is 11.3 Å². The molecule has 1 saturated carbocycles. The predicted molar refractivity (Wildman–Crippen MR) is 91.4 cm³/mol. The smallest absolute Gasteiger partial charge is 0.208 e. The van der Waals surface area contributed by atoms with Gasteiger partial charge in [0.25, 0.3) is 0 Å². The molecule has 5 nitrogen and oxygen atoms in total. The molecular weight excluding hydrogens is 306 g/mol. The average Bonchev–Trinajstić information content (AvgIpc) is 2.99. The van der Waals surface area contributed by atoms with Gasteiger partial charge in [0.1, 0.15) is 10.8 Å². The Balaban J connectivity index is 1.38. The largest absolute Gasteiger partial charge is 0.344 e. The van der Waals surface area contributed by atoms with E-state index in [9.17, 15) is 0 Å². The minimum atomic E-state index is 0.553. The zero-order valence-corrected chi connectivity index (χ0v) is 14.5. The Labute approximate surface area is 140 Å². The van der Waals surface area contributed by atoms with Crippen molar-refractivity contribution < 1.29 is 0 Å². The van der Waals surface area contributed by atoms with Gasteiger partial charge in [0.05, 0.1) is 11.7 Å². The molecule has 2 aliphatic carbocycles. The van der Waals surface area contributed by atoms with Crippen molar-refractivity contribution in [3.05, 3.63) is 22.2 Å². The van der Waals surface area contributed by atoms with Gasteiger partial charge in [0.2, 0.25) is 5.13 Å². The molecule has 0 spiro atoms. The van der Waals surface area contributed by atoms with Gasteiger partial charge in [-0.15, -0.1) is 10.2 Å². The zero-order valence-electron chi connectivity index (χ0n) is 13.7. The van der Waals surface area contributed by atoms with Crippen LogP contribution in [0.3, 0.4) is 0 Å². The summed E-state index contributed by atoms with van der Waals surface area (Å²) in [6.45, 7) is 4.33. The molecule has 3 aliphatic rings. The number of nitrogens with zero attached hydrogens (tertiary/aromatic N) is 5. The van der Waals surface area contributed by atoms with E-state index in [0.717, 1.165) is 18.2 Å². The summed E-state index contributed by atoms with van der Waals surface area (Å²) in [5.74, 6) is 1.92. The van der Waals surface area contributed by atoms with Crippen molar-refractivity contribution in [2.75, 3.05) is 18.0 Å². The molecular formula is C17H23N5S. The van der Waals surface area contributed by atoms with Crippen LogP contribution in [0.1, 0.15) is 66.3 Å². The fourth-order valence-electron chi connectivity index (χ4n) is 4.16. The van der Waals surface area contributed by atoms with Crippen LogP contribution < -0.4 is 4.90 Å². The molecule has 122 valence electrons. The maximum Gasteiger partial charge on any atom is 0.208 e. The van der Waals surface area contributed by atoms with E-state index in [2.05, 4.69) is 26.6 Å². The van der Waals surface area contributed by atoms with Gasteiger partial charge >= 0.3 is 0 Å². The van der Waals surface area contributed by atoms with Crippen LogP contribution in [0, 0.1) is 6.92 Å². The fourth-order valence-corrected chi connectivity index (χ4v) is 5.21. The molecule has 0 amide bonds. The van der Waals surface area contributed by atoms with E-state index in [1.54, 1.807) is 0 Å². The van der Waals surface area contributed by atoms with Crippen molar-refractivity contribution in [1.29, 1.82) is 0 Å². The summed E-state index contributed by atoms with van der Waals surface area (Å²) in [7, 11) is 0. The van der Waals surface area contributed by atoms with Crippen LogP contribution in [0.15, 0.2) is 0 Å². The third kappa shape index (κ3) is 2.38. The topological polar surface area (TPSA) is 46.8 Å². The molecule has 3 heterocycles. The Bertz CT molecular complexity index is 729. The second-order valence-corrected chi connectivity index (χ2v) is 8.20. The third-order valence-corrected chi connectivity index (χ3v) is 6.65. The first-order valence-electron chi connectivity index (χ1n) is 8.94. The number of fused-ring (bicyclic) bond motifs is 1. The summed E-state index contributed by atoms with van der Waals surface area (Å²) in [5.41, 5.74) is 2.87. The van der Waals surface area contributed by atoms with Gasteiger partial charge in [-0.2, -0.15) is 0 Å². The van der Waals surface area contributed by atoms with E-state index < -0.39 is 0 Å². The highest BCUT2D eigenvalue weighted by Crippen LogP contribution is 2.43. The first-order chi connectivity index (χ1) is 11.3. The normalized spacial score (nSPS) is 24.2. The lowest BCUT2D eigenvalue weighted by atomic mass is 10.0. The molecule has 23 heavy (non-hydrogen) atoms. The molecule has 2 aromatic heterocycles. The van der Waals surface area contributed by atoms with E-state index in [-0.39, 0.29) is 0 Å². The second-order valence-electron chi connectivity index (χ2n) is 7.22. The molecule has 0 bridgehead atoms. The van der Waals surface area contributed by atoms with E-state index >= 15 is 0 Å². The van der Waals surface area contributed by atoms with Crippen molar-refractivity contribution in [2.24, 2.45) is 0 Å². The summed E-state index contributed by atoms with van der Waals surface area (Å²) < 4.78 is 2.54.